The van der Waals surface area contributed by atoms with Gasteiger partial charge in [0, 0.05) is 6.04 Å². The van der Waals surface area contributed by atoms with Gasteiger partial charge in [-0.05, 0) is 39.5 Å². The van der Waals surface area contributed by atoms with Crippen molar-refractivity contribution < 1.29 is 0 Å². The maximum Gasteiger partial charge on any atom is 0.287 e. The third kappa shape index (κ3) is 2.63. The molecule has 1 aliphatic carbocycles. The third-order valence-electron chi connectivity index (χ3n) is 3.14. The van der Waals surface area contributed by atoms with E-state index in [0.717, 1.165) is 0 Å². The molecule has 4 nitrogen and oxygen atoms in total. The Hall–Kier alpha value is -1.03. The Kier molecular flexibility index (Phi) is 3.43. The molecule has 1 atom stereocenters. The van der Waals surface area contributed by atoms with Gasteiger partial charge < -0.3 is 5.32 Å². The SMILES string of the molecule is CC(Nc1cnn(C(C)C)c(=O)c1Cl)C1CC1. The van der Waals surface area contributed by atoms with Crippen molar-refractivity contribution in [2.75, 3.05) is 5.32 Å². The molecule has 1 aromatic heterocycles. The Morgan fingerprint density at radius 1 is 1.47 bits per heavy atom. The van der Waals surface area contributed by atoms with Crippen LogP contribution in [0.25, 0.3) is 0 Å². The molecule has 0 radical (unpaired) electrons. The number of hydrogen-bond acceptors (Lipinski definition) is 3. The van der Waals surface area contributed by atoms with Crippen LogP contribution in [0.2, 0.25) is 5.02 Å². The fourth-order valence-electron chi connectivity index (χ4n) is 1.87. The Balaban J connectivity index is 2.24. The Bertz CT molecular complexity index is 465. The van der Waals surface area contributed by atoms with Crippen LogP contribution in [0.4, 0.5) is 5.69 Å². The van der Waals surface area contributed by atoms with E-state index >= 15 is 0 Å². The van der Waals surface area contributed by atoms with Gasteiger partial charge in [0.25, 0.3) is 5.56 Å². The molecule has 5 heteroatoms. The van der Waals surface area contributed by atoms with Gasteiger partial charge in [-0.3, -0.25) is 4.79 Å². The van der Waals surface area contributed by atoms with Crippen molar-refractivity contribution in [1.29, 1.82) is 0 Å². The van der Waals surface area contributed by atoms with Gasteiger partial charge in [0.05, 0.1) is 17.9 Å². The molecule has 1 heterocycles. The lowest BCUT2D eigenvalue weighted by atomic mass is 10.2. The minimum absolute atomic E-state index is 0.0231. The van der Waals surface area contributed by atoms with Crippen molar-refractivity contribution >= 4 is 17.3 Å². The maximum atomic E-state index is 11.9. The van der Waals surface area contributed by atoms with Crippen molar-refractivity contribution in [3.05, 3.63) is 21.6 Å². The number of halogens is 1. The molecule has 0 aliphatic heterocycles. The van der Waals surface area contributed by atoms with E-state index in [9.17, 15) is 4.79 Å². The van der Waals surface area contributed by atoms with Crippen LogP contribution in [0.5, 0.6) is 0 Å². The highest BCUT2D eigenvalue weighted by Crippen LogP contribution is 2.34. The quantitative estimate of drug-likeness (QED) is 0.900. The molecule has 2 rings (SSSR count). The lowest BCUT2D eigenvalue weighted by molar-refractivity contribution is 0.503. The van der Waals surface area contributed by atoms with Crippen LogP contribution < -0.4 is 10.9 Å². The molecule has 0 saturated heterocycles. The van der Waals surface area contributed by atoms with E-state index in [4.69, 9.17) is 11.6 Å². The summed E-state index contributed by atoms with van der Waals surface area (Å²) in [5.41, 5.74) is 0.419. The van der Waals surface area contributed by atoms with E-state index < -0.39 is 0 Å². The van der Waals surface area contributed by atoms with Crippen LogP contribution in [0.3, 0.4) is 0 Å². The van der Waals surface area contributed by atoms with Gasteiger partial charge >= 0.3 is 0 Å². The second-order valence-electron chi connectivity index (χ2n) is 4.99. The minimum Gasteiger partial charge on any atom is -0.380 e. The van der Waals surface area contributed by atoms with Crippen molar-refractivity contribution in [2.45, 2.75) is 45.7 Å². The summed E-state index contributed by atoms with van der Waals surface area (Å²) >= 11 is 6.08. The molecule has 1 saturated carbocycles. The smallest absolute Gasteiger partial charge is 0.287 e. The van der Waals surface area contributed by atoms with Crippen molar-refractivity contribution in [2.24, 2.45) is 5.92 Å². The molecular weight excluding hydrogens is 238 g/mol. The average molecular weight is 256 g/mol. The van der Waals surface area contributed by atoms with E-state index in [0.29, 0.717) is 17.6 Å². The van der Waals surface area contributed by atoms with E-state index in [1.165, 1.54) is 17.5 Å². The first-order chi connectivity index (χ1) is 8.00. The second kappa shape index (κ2) is 4.69. The predicted molar refractivity (Wildman–Crippen MR) is 69.7 cm³/mol. The molecule has 1 aliphatic rings. The molecule has 1 N–H and O–H groups in total. The highest BCUT2D eigenvalue weighted by atomic mass is 35.5. The predicted octanol–water partition coefficient (Wildman–Crippen LogP) is 2.69. The van der Waals surface area contributed by atoms with Crippen molar-refractivity contribution in [1.82, 2.24) is 9.78 Å². The standard InChI is InChI=1S/C12H18ClN3O/c1-7(2)16-12(17)11(13)10(6-14-16)15-8(3)9-4-5-9/h6-9,15H,4-5H2,1-3H3. The first kappa shape index (κ1) is 12.4. The maximum absolute atomic E-state index is 11.9. The first-order valence-electron chi connectivity index (χ1n) is 6.04. The van der Waals surface area contributed by atoms with E-state index in [2.05, 4.69) is 17.3 Å². The Morgan fingerprint density at radius 2 is 2.12 bits per heavy atom. The molecule has 0 amide bonds. The molecule has 0 bridgehead atoms. The average Bonchev–Trinajstić information content (AvgIpc) is 3.08. The summed E-state index contributed by atoms with van der Waals surface area (Å²) < 4.78 is 1.40. The second-order valence-corrected chi connectivity index (χ2v) is 5.36. The molecular formula is C12H18ClN3O. The summed E-state index contributed by atoms with van der Waals surface area (Å²) in [5, 5.41) is 7.64. The van der Waals surface area contributed by atoms with Gasteiger partial charge in [0.1, 0.15) is 5.02 Å². The van der Waals surface area contributed by atoms with Crippen LogP contribution in [-0.4, -0.2) is 15.8 Å². The fraction of sp³-hybridized carbons (Fsp3) is 0.667. The molecule has 94 valence electrons. The highest BCUT2D eigenvalue weighted by Gasteiger charge is 2.28. The van der Waals surface area contributed by atoms with Crippen LogP contribution >= 0.6 is 11.6 Å². The van der Waals surface area contributed by atoms with E-state index in [-0.39, 0.29) is 16.6 Å². The zero-order chi connectivity index (χ0) is 12.6. The van der Waals surface area contributed by atoms with E-state index in [1.807, 2.05) is 13.8 Å². The van der Waals surface area contributed by atoms with Gasteiger partial charge in [0.2, 0.25) is 0 Å². The van der Waals surface area contributed by atoms with Gasteiger partial charge in [-0.1, -0.05) is 11.6 Å². The van der Waals surface area contributed by atoms with Crippen molar-refractivity contribution in [3.8, 4) is 0 Å². The fourth-order valence-corrected chi connectivity index (χ4v) is 2.06. The van der Waals surface area contributed by atoms with Crippen LogP contribution in [0.15, 0.2) is 11.0 Å². The molecule has 1 fully saturated rings. The number of rotatable bonds is 4. The van der Waals surface area contributed by atoms with Crippen LogP contribution in [0, 0.1) is 5.92 Å². The highest BCUT2D eigenvalue weighted by molar-refractivity contribution is 6.32. The number of anilines is 1. The summed E-state index contributed by atoms with van der Waals surface area (Å²) in [6.07, 6.45) is 4.15. The molecule has 17 heavy (non-hydrogen) atoms. The summed E-state index contributed by atoms with van der Waals surface area (Å²) in [4.78, 5) is 11.9. The largest absolute Gasteiger partial charge is 0.380 e. The van der Waals surface area contributed by atoms with Crippen molar-refractivity contribution in [3.63, 3.8) is 0 Å². The van der Waals surface area contributed by atoms with Crippen LogP contribution in [0.1, 0.15) is 39.7 Å². The first-order valence-corrected chi connectivity index (χ1v) is 6.42. The molecule has 0 aromatic carbocycles. The van der Waals surface area contributed by atoms with Gasteiger partial charge in [0.15, 0.2) is 0 Å². The monoisotopic (exact) mass is 255 g/mol. The third-order valence-corrected chi connectivity index (χ3v) is 3.51. The summed E-state index contributed by atoms with van der Waals surface area (Å²) in [7, 11) is 0. The van der Waals surface area contributed by atoms with Gasteiger partial charge in [-0.2, -0.15) is 5.10 Å². The summed E-state index contributed by atoms with van der Waals surface area (Å²) in [5.74, 6) is 0.707. The summed E-state index contributed by atoms with van der Waals surface area (Å²) in [6, 6.07) is 0.374. The number of nitrogens with one attached hydrogen (secondary N) is 1. The van der Waals surface area contributed by atoms with Gasteiger partial charge in [-0.25, -0.2) is 4.68 Å². The zero-order valence-corrected chi connectivity index (χ0v) is 11.2. The number of hydrogen-bond donors (Lipinski definition) is 1. The summed E-state index contributed by atoms with van der Waals surface area (Å²) in [6.45, 7) is 5.93. The molecule has 1 aromatic rings. The number of aromatic nitrogens is 2. The normalized spacial score (nSPS) is 17.2. The number of nitrogens with zero attached hydrogens (tertiary/aromatic N) is 2. The molecule has 0 spiro atoms. The zero-order valence-electron chi connectivity index (χ0n) is 10.4. The molecule has 1 unspecified atom stereocenters. The Labute approximate surface area is 106 Å². The topological polar surface area (TPSA) is 46.9 Å². The van der Waals surface area contributed by atoms with Gasteiger partial charge in [-0.15, -0.1) is 0 Å². The minimum atomic E-state index is -0.227. The lowest BCUT2D eigenvalue weighted by Crippen LogP contribution is -2.27. The van der Waals surface area contributed by atoms with E-state index in [1.54, 1.807) is 6.20 Å². The van der Waals surface area contributed by atoms with Crippen LogP contribution in [-0.2, 0) is 0 Å². The lowest BCUT2D eigenvalue weighted by Gasteiger charge is -2.16. The Morgan fingerprint density at radius 3 is 2.65 bits per heavy atom.